The second kappa shape index (κ2) is 19.1. The molecule has 268 valence electrons. The number of fused-ring (bicyclic) bond motifs is 6. The third-order valence-corrected chi connectivity index (χ3v) is 15.6. The van der Waals surface area contributed by atoms with E-state index in [1.807, 2.05) is 0 Å². The first-order chi connectivity index (χ1) is 23.3. The molecule has 0 amide bonds. The van der Waals surface area contributed by atoms with Gasteiger partial charge in [0, 0.05) is 115 Å². The quantitative estimate of drug-likeness (QED) is 0.169. The monoisotopic (exact) mass is 1100 g/mol. The van der Waals surface area contributed by atoms with E-state index in [9.17, 15) is 0 Å². The Morgan fingerprint density at radius 2 is 0.700 bits per heavy atom. The minimum Gasteiger partial charge on any atom is -0.0914 e. The van der Waals surface area contributed by atoms with Crippen molar-refractivity contribution in [3.05, 3.63) is 113 Å². The van der Waals surface area contributed by atoms with Crippen LogP contribution in [0.3, 0.4) is 0 Å². The van der Waals surface area contributed by atoms with Crippen LogP contribution in [0.1, 0.15) is 99.3 Å². The zero-order chi connectivity index (χ0) is 33.5. The first kappa shape index (κ1) is 43.4. The van der Waals surface area contributed by atoms with Gasteiger partial charge in [-0.15, -0.1) is 0 Å². The third-order valence-electron chi connectivity index (χ3n) is 11.7. The van der Waals surface area contributed by atoms with Crippen molar-refractivity contribution < 1.29 is 75.5 Å². The van der Waals surface area contributed by atoms with Crippen LogP contribution in [0.5, 0.6) is 0 Å². The summed E-state index contributed by atoms with van der Waals surface area (Å²) in [5.41, 5.74) is 11.8. The Kier molecular flexibility index (Phi) is 16.6. The molecule has 2 fully saturated rings. The van der Waals surface area contributed by atoms with Crippen LogP contribution in [0.2, 0.25) is 0 Å². The van der Waals surface area contributed by atoms with Crippen molar-refractivity contribution in [3.8, 4) is 22.3 Å². The molecule has 4 aromatic carbocycles. The fraction of sp³-hybridized carbons (Fsp3) is 0.429. The van der Waals surface area contributed by atoms with Crippen molar-refractivity contribution in [1.82, 2.24) is 0 Å². The van der Waals surface area contributed by atoms with Gasteiger partial charge in [-0.1, -0.05) is 184 Å². The summed E-state index contributed by atoms with van der Waals surface area (Å²) in [7, 11) is 0. The van der Waals surface area contributed by atoms with Gasteiger partial charge >= 0.3 is 0 Å². The Morgan fingerprint density at radius 3 is 0.980 bits per heavy atom. The van der Waals surface area contributed by atoms with E-state index in [1.54, 1.807) is 11.1 Å². The summed E-state index contributed by atoms with van der Waals surface area (Å²) in [4.78, 5) is 0. The Bertz CT molecular complexity index is 1660. The standard InChI is InChI=1S/C27H32Br2.C15H10Br4.2Ar/c28-21-11-13-23-24-14-12-22(29)16-26(24)27(25(23)15-21,17-19-7-3-1-4-8-19)18-20-9-5-2-6-10-20;16-7-15(8-17)13-5-9(18)1-3-11(13)12-4-2-10(19)6-14(12)15;;/h11-16,19-20H,1-10,17-18H2;1-6H,7-8H2;;. The van der Waals surface area contributed by atoms with Crippen LogP contribution >= 0.6 is 95.6 Å². The van der Waals surface area contributed by atoms with Gasteiger partial charge in [0.05, 0.1) is 0 Å². The number of hydrogen-bond acceptors (Lipinski definition) is 0. The summed E-state index contributed by atoms with van der Waals surface area (Å²) < 4.78 is 4.73. The maximum Gasteiger partial charge on any atom is 0.0409 e. The average molecular weight is 1110 g/mol. The Labute approximate surface area is 410 Å². The van der Waals surface area contributed by atoms with Gasteiger partial charge in [-0.25, -0.2) is 0 Å². The minimum absolute atomic E-state index is 0. The van der Waals surface area contributed by atoms with Gasteiger partial charge in [0.2, 0.25) is 0 Å². The number of rotatable bonds is 6. The summed E-state index contributed by atoms with van der Waals surface area (Å²) in [5, 5.41) is 1.80. The molecule has 4 aliphatic rings. The predicted octanol–water partition coefficient (Wildman–Crippen LogP) is 15.7. The molecule has 0 N–H and O–H groups in total. The molecule has 0 heterocycles. The summed E-state index contributed by atoms with van der Waals surface area (Å²) >= 11 is 22.3. The molecule has 8 rings (SSSR count). The zero-order valence-electron chi connectivity index (χ0n) is 28.0. The fourth-order valence-electron chi connectivity index (χ4n) is 9.49. The summed E-state index contributed by atoms with van der Waals surface area (Å²) in [6.07, 6.45) is 17.0. The van der Waals surface area contributed by atoms with Crippen molar-refractivity contribution >= 4 is 95.6 Å². The van der Waals surface area contributed by atoms with E-state index in [2.05, 4.69) is 168 Å². The van der Waals surface area contributed by atoms with E-state index < -0.39 is 0 Å². The maximum atomic E-state index is 3.82. The SMILES string of the molecule is BrCC1(CBr)c2cc(Br)ccc2-c2ccc(Br)cc21.Brc1ccc2c(c1)C(CC1CCCCC1)(CC1CCCCC1)c1cc(Br)ccc1-2.[Ar].[Ar]. The number of halogens is 6. The van der Waals surface area contributed by atoms with Crippen LogP contribution in [0.25, 0.3) is 22.3 Å². The topological polar surface area (TPSA) is 0 Å². The molecule has 0 unspecified atom stereocenters. The molecule has 8 heteroatoms. The number of benzene rings is 4. The van der Waals surface area contributed by atoms with Gasteiger partial charge in [0.25, 0.3) is 0 Å². The van der Waals surface area contributed by atoms with Crippen molar-refractivity contribution in [3.63, 3.8) is 0 Å². The molecule has 0 radical (unpaired) electrons. The minimum atomic E-state index is -0.00176. The van der Waals surface area contributed by atoms with E-state index in [0.29, 0.717) is 0 Å². The zero-order valence-corrected chi connectivity index (χ0v) is 38.9. The summed E-state index contributed by atoms with van der Waals surface area (Å²) in [6.45, 7) is 0. The van der Waals surface area contributed by atoms with Gasteiger partial charge < -0.3 is 0 Å². The fourth-order valence-corrected chi connectivity index (χ4v) is 13.1. The molecule has 4 aromatic rings. The molecular weight excluding hydrogens is 1060 g/mol. The van der Waals surface area contributed by atoms with E-state index in [0.717, 1.165) is 31.4 Å². The van der Waals surface area contributed by atoms with E-state index in [-0.39, 0.29) is 86.3 Å². The Hall–Kier alpha value is 2.28. The normalized spacial score (nSPS) is 18.4. The Balaban J connectivity index is 0.000000202. The first-order valence-corrected chi connectivity index (χ1v) is 23.0. The van der Waals surface area contributed by atoms with Crippen LogP contribution < -0.4 is 0 Å². The number of hydrogen-bond donors (Lipinski definition) is 0. The van der Waals surface area contributed by atoms with Gasteiger partial charge in [-0.05, 0) is 118 Å². The van der Waals surface area contributed by atoms with Crippen molar-refractivity contribution in [2.45, 2.75) is 87.9 Å². The van der Waals surface area contributed by atoms with Gasteiger partial charge in [-0.2, -0.15) is 0 Å². The smallest absolute Gasteiger partial charge is 0.0409 e. The summed E-state index contributed by atoms with van der Waals surface area (Å²) in [6, 6.07) is 27.3. The van der Waals surface area contributed by atoms with Crippen LogP contribution in [0.15, 0.2) is 90.7 Å². The molecule has 0 bridgehead atoms. The van der Waals surface area contributed by atoms with Crippen LogP contribution in [-0.2, 0) is 10.8 Å². The number of alkyl halides is 2. The molecule has 0 aromatic heterocycles. The second-order valence-corrected chi connectivity index (χ2v) is 19.4. The van der Waals surface area contributed by atoms with Crippen molar-refractivity contribution in [1.29, 1.82) is 0 Å². The molecule has 0 aliphatic heterocycles. The van der Waals surface area contributed by atoms with Crippen LogP contribution in [-0.4, -0.2) is 10.7 Å². The van der Waals surface area contributed by atoms with Gasteiger partial charge in [0.15, 0.2) is 0 Å². The molecule has 2 saturated carbocycles. The summed E-state index contributed by atoms with van der Waals surface area (Å²) in [5.74, 6) is 1.76. The average Bonchev–Trinajstić information content (AvgIpc) is 3.51. The molecule has 0 saturated heterocycles. The van der Waals surface area contributed by atoms with E-state index in [1.165, 1.54) is 119 Å². The molecule has 0 atom stereocenters. The first-order valence-electron chi connectivity index (χ1n) is 17.6. The van der Waals surface area contributed by atoms with E-state index in [4.69, 9.17) is 0 Å². The van der Waals surface area contributed by atoms with Crippen molar-refractivity contribution in [2.75, 3.05) is 10.7 Å². The predicted molar refractivity (Wildman–Crippen MR) is 226 cm³/mol. The van der Waals surface area contributed by atoms with Gasteiger partial charge in [-0.3, -0.25) is 0 Å². The van der Waals surface area contributed by atoms with Crippen molar-refractivity contribution in [2.24, 2.45) is 11.8 Å². The second-order valence-electron chi connectivity index (χ2n) is 14.6. The largest absolute Gasteiger partial charge is 0.0914 e. The molecule has 4 aliphatic carbocycles. The third kappa shape index (κ3) is 8.73. The molecular formula is C42H42Ar2Br6. The van der Waals surface area contributed by atoms with Crippen LogP contribution in [0, 0.1) is 87.3 Å². The van der Waals surface area contributed by atoms with Gasteiger partial charge in [0.1, 0.15) is 0 Å². The van der Waals surface area contributed by atoms with Crippen LogP contribution in [0.4, 0.5) is 0 Å². The molecule has 0 nitrogen and oxygen atoms in total. The van der Waals surface area contributed by atoms with E-state index >= 15 is 0 Å². The maximum absolute atomic E-state index is 3.82. The Morgan fingerprint density at radius 1 is 0.420 bits per heavy atom. The molecule has 50 heavy (non-hydrogen) atoms. The molecule has 0 spiro atoms.